The maximum atomic E-state index is 10.2. The highest BCUT2D eigenvalue weighted by atomic mass is 16.5. The molecular weight excluding hydrogens is 194 g/mol. The van der Waals surface area contributed by atoms with Crippen LogP contribution in [0.4, 0.5) is 0 Å². The van der Waals surface area contributed by atoms with Gasteiger partial charge in [-0.2, -0.15) is 0 Å². The van der Waals surface area contributed by atoms with Crippen molar-refractivity contribution in [2.45, 2.75) is 13.5 Å². The molecule has 1 aromatic rings. The van der Waals surface area contributed by atoms with Crippen molar-refractivity contribution < 1.29 is 14.6 Å². The molecule has 0 fully saturated rings. The summed E-state index contributed by atoms with van der Waals surface area (Å²) in [6.45, 7) is 3.49. The van der Waals surface area contributed by atoms with Crippen LogP contribution in [0, 0.1) is 0 Å². The van der Waals surface area contributed by atoms with Crippen molar-refractivity contribution in [3.63, 3.8) is 0 Å². The maximum absolute atomic E-state index is 10.2. The molecule has 0 saturated carbocycles. The molecule has 2 N–H and O–H groups in total. The van der Waals surface area contributed by atoms with Crippen molar-refractivity contribution in [1.29, 1.82) is 0 Å². The van der Waals surface area contributed by atoms with Gasteiger partial charge in [-0.15, -0.1) is 0 Å². The van der Waals surface area contributed by atoms with Crippen molar-refractivity contribution in [2.75, 3.05) is 13.2 Å². The smallest absolute Gasteiger partial charge is 0.341 e. The average Bonchev–Trinajstić information content (AvgIpc) is 2.25. The van der Waals surface area contributed by atoms with E-state index in [1.165, 1.54) is 0 Å². The number of ether oxygens (including phenoxy) is 1. The maximum Gasteiger partial charge on any atom is 0.341 e. The van der Waals surface area contributed by atoms with Gasteiger partial charge < -0.3 is 15.2 Å². The zero-order chi connectivity index (χ0) is 11.1. The number of aliphatic carboxylic acids is 1. The lowest BCUT2D eigenvalue weighted by Crippen LogP contribution is -2.12. The lowest BCUT2D eigenvalue weighted by molar-refractivity contribution is -0.139. The molecule has 0 bridgehead atoms. The Morgan fingerprint density at radius 1 is 1.40 bits per heavy atom. The van der Waals surface area contributed by atoms with E-state index in [9.17, 15) is 4.79 Å². The summed E-state index contributed by atoms with van der Waals surface area (Å²) in [5.41, 5.74) is 1.15. The lowest BCUT2D eigenvalue weighted by Gasteiger charge is -2.05. The highest BCUT2D eigenvalue weighted by Crippen LogP contribution is 2.11. The first-order valence-electron chi connectivity index (χ1n) is 4.86. The molecule has 0 atom stereocenters. The fraction of sp³-hybridized carbons (Fsp3) is 0.364. The standard InChI is InChI=1S/C11H15NO3/c1-2-12-7-9-3-5-10(6-4-9)15-8-11(13)14/h3-6,12H,2,7-8H2,1H3,(H,13,14). The van der Waals surface area contributed by atoms with Crippen LogP contribution in [0.3, 0.4) is 0 Å². The highest BCUT2D eigenvalue weighted by molar-refractivity contribution is 5.68. The van der Waals surface area contributed by atoms with Gasteiger partial charge in [0.1, 0.15) is 5.75 Å². The monoisotopic (exact) mass is 209 g/mol. The third-order valence-electron chi connectivity index (χ3n) is 1.86. The van der Waals surface area contributed by atoms with Crippen LogP contribution < -0.4 is 10.1 Å². The summed E-state index contributed by atoms with van der Waals surface area (Å²) < 4.78 is 5.01. The zero-order valence-electron chi connectivity index (χ0n) is 8.69. The summed E-state index contributed by atoms with van der Waals surface area (Å²) in [5, 5.41) is 11.6. The minimum absolute atomic E-state index is 0.299. The average molecular weight is 209 g/mol. The van der Waals surface area contributed by atoms with Gasteiger partial charge in [-0.1, -0.05) is 19.1 Å². The fourth-order valence-corrected chi connectivity index (χ4v) is 1.12. The van der Waals surface area contributed by atoms with Crippen LogP contribution in [-0.2, 0) is 11.3 Å². The Kier molecular flexibility index (Phi) is 4.63. The van der Waals surface area contributed by atoms with E-state index in [0.717, 1.165) is 18.7 Å². The SMILES string of the molecule is CCNCc1ccc(OCC(=O)O)cc1. The Bertz CT molecular complexity index is 308. The lowest BCUT2D eigenvalue weighted by atomic mass is 10.2. The molecular formula is C11H15NO3. The van der Waals surface area contributed by atoms with Crippen LogP contribution >= 0.6 is 0 Å². The van der Waals surface area contributed by atoms with E-state index in [4.69, 9.17) is 9.84 Å². The number of hydrogen-bond donors (Lipinski definition) is 2. The van der Waals surface area contributed by atoms with Gasteiger partial charge in [0.2, 0.25) is 0 Å². The van der Waals surface area contributed by atoms with Crippen LogP contribution in [0.25, 0.3) is 0 Å². The minimum Gasteiger partial charge on any atom is -0.482 e. The molecule has 0 aromatic heterocycles. The van der Waals surface area contributed by atoms with E-state index in [0.29, 0.717) is 5.75 Å². The first kappa shape index (κ1) is 11.5. The predicted octanol–water partition coefficient (Wildman–Crippen LogP) is 1.26. The molecule has 0 spiro atoms. The Hall–Kier alpha value is -1.55. The summed E-state index contributed by atoms with van der Waals surface area (Å²) in [4.78, 5) is 10.2. The minimum atomic E-state index is -0.966. The van der Waals surface area contributed by atoms with Crippen molar-refractivity contribution in [3.8, 4) is 5.75 Å². The second-order valence-corrected chi connectivity index (χ2v) is 3.11. The molecule has 0 amide bonds. The number of nitrogens with one attached hydrogen (secondary N) is 1. The Labute approximate surface area is 88.9 Å². The summed E-state index contributed by atoms with van der Waals surface area (Å²) in [6.07, 6.45) is 0. The molecule has 4 nitrogen and oxygen atoms in total. The Morgan fingerprint density at radius 3 is 2.60 bits per heavy atom. The molecule has 15 heavy (non-hydrogen) atoms. The van der Waals surface area contributed by atoms with Gasteiger partial charge in [-0.25, -0.2) is 4.79 Å². The number of carboxylic acid groups (broad SMARTS) is 1. The van der Waals surface area contributed by atoms with Gasteiger partial charge in [-0.3, -0.25) is 0 Å². The summed E-state index contributed by atoms with van der Waals surface area (Å²) in [7, 11) is 0. The van der Waals surface area contributed by atoms with Gasteiger partial charge in [0.15, 0.2) is 6.61 Å². The van der Waals surface area contributed by atoms with E-state index in [-0.39, 0.29) is 6.61 Å². The van der Waals surface area contributed by atoms with Crippen LogP contribution in [0.15, 0.2) is 24.3 Å². The summed E-state index contributed by atoms with van der Waals surface area (Å²) in [5.74, 6) is -0.385. The second kappa shape index (κ2) is 6.03. The van der Waals surface area contributed by atoms with Crippen LogP contribution in [0.5, 0.6) is 5.75 Å². The topological polar surface area (TPSA) is 58.6 Å². The molecule has 1 aromatic carbocycles. The first-order valence-corrected chi connectivity index (χ1v) is 4.86. The molecule has 0 aliphatic rings. The van der Waals surface area contributed by atoms with E-state index in [2.05, 4.69) is 5.32 Å². The fourth-order valence-electron chi connectivity index (χ4n) is 1.12. The number of rotatable bonds is 6. The molecule has 0 radical (unpaired) electrons. The molecule has 0 unspecified atom stereocenters. The van der Waals surface area contributed by atoms with E-state index in [1.807, 2.05) is 19.1 Å². The van der Waals surface area contributed by atoms with Gasteiger partial charge in [0.25, 0.3) is 0 Å². The summed E-state index contributed by atoms with van der Waals surface area (Å²) >= 11 is 0. The third kappa shape index (κ3) is 4.46. The van der Waals surface area contributed by atoms with Crippen molar-refractivity contribution in [1.82, 2.24) is 5.32 Å². The zero-order valence-corrected chi connectivity index (χ0v) is 8.69. The molecule has 1 rings (SSSR count). The van der Waals surface area contributed by atoms with Gasteiger partial charge in [-0.05, 0) is 24.2 Å². The van der Waals surface area contributed by atoms with Crippen LogP contribution in [0.2, 0.25) is 0 Å². The number of benzene rings is 1. The largest absolute Gasteiger partial charge is 0.482 e. The summed E-state index contributed by atoms with van der Waals surface area (Å²) in [6, 6.07) is 7.38. The number of carbonyl (C=O) groups is 1. The molecule has 0 aliphatic carbocycles. The van der Waals surface area contributed by atoms with Crippen molar-refractivity contribution >= 4 is 5.97 Å². The highest BCUT2D eigenvalue weighted by Gasteiger charge is 1.98. The van der Waals surface area contributed by atoms with Gasteiger partial charge >= 0.3 is 5.97 Å². The van der Waals surface area contributed by atoms with Crippen molar-refractivity contribution in [2.24, 2.45) is 0 Å². The van der Waals surface area contributed by atoms with Gasteiger partial charge in [0, 0.05) is 6.54 Å². The predicted molar refractivity (Wildman–Crippen MR) is 57.0 cm³/mol. The first-order chi connectivity index (χ1) is 7.22. The normalized spacial score (nSPS) is 9.93. The second-order valence-electron chi connectivity index (χ2n) is 3.11. The van der Waals surface area contributed by atoms with Crippen LogP contribution in [-0.4, -0.2) is 24.2 Å². The van der Waals surface area contributed by atoms with E-state index >= 15 is 0 Å². The van der Waals surface area contributed by atoms with Gasteiger partial charge in [0.05, 0.1) is 0 Å². The Balaban J connectivity index is 2.45. The molecule has 0 aliphatic heterocycles. The van der Waals surface area contributed by atoms with E-state index in [1.54, 1.807) is 12.1 Å². The van der Waals surface area contributed by atoms with Crippen molar-refractivity contribution in [3.05, 3.63) is 29.8 Å². The quantitative estimate of drug-likeness (QED) is 0.740. The molecule has 82 valence electrons. The van der Waals surface area contributed by atoms with E-state index < -0.39 is 5.97 Å². The molecule has 0 saturated heterocycles. The third-order valence-corrected chi connectivity index (χ3v) is 1.86. The number of carboxylic acids is 1. The molecule has 4 heteroatoms. The Morgan fingerprint density at radius 2 is 2.07 bits per heavy atom. The molecule has 0 heterocycles. The number of hydrogen-bond acceptors (Lipinski definition) is 3. The van der Waals surface area contributed by atoms with Crippen LogP contribution in [0.1, 0.15) is 12.5 Å².